The smallest absolute Gasteiger partial charge is 0.323 e. The molecule has 0 saturated heterocycles. The molecule has 2 rings (SSSR count). The minimum Gasteiger partial charge on any atom is -0.462 e. The Kier molecular flexibility index (Phi) is 9.57. The van der Waals surface area contributed by atoms with Gasteiger partial charge in [-0.05, 0) is 34.1 Å². The fourth-order valence-corrected chi connectivity index (χ4v) is 4.56. The molecule has 31 heavy (non-hydrogen) atoms. The van der Waals surface area contributed by atoms with Crippen molar-refractivity contribution in [1.29, 1.82) is 0 Å². The Morgan fingerprint density at radius 2 is 2.03 bits per heavy atom. The van der Waals surface area contributed by atoms with E-state index in [1.165, 1.54) is 0 Å². The highest BCUT2D eigenvalue weighted by atomic mass is 32.4. The number of ether oxygens (including phenoxy) is 2. The monoisotopic (exact) mass is 473 g/mol. The number of carbonyl (C=O) groups excluding carboxylic acids is 1. The van der Waals surface area contributed by atoms with E-state index in [4.69, 9.17) is 31.5 Å². The third-order valence-electron chi connectivity index (χ3n) is 4.53. The summed E-state index contributed by atoms with van der Waals surface area (Å²) in [5, 5.41) is 5.98. The SMILES string of the molecule is CNc1nc(N)nc2c1ncn2[C@@H](C)C[C@@H](CO[PH](=S)N[C@H](C)C(=O)OC(C)C)OC. The van der Waals surface area contributed by atoms with Gasteiger partial charge >= 0.3 is 5.97 Å². The summed E-state index contributed by atoms with van der Waals surface area (Å²) in [4.78, 5) is 24.8. The Labute approximate surface area is 188 Å². The zero-order valence-corrected chi connectivity index (χ0v) is 20.5. The lowest BCUT2D eigenvalue weighted by Gasteiger charge is -2.22. The molecular formula is C18H32N7O4PS. The maximum Gasteiger partial charge on any atom is 0.323 e. The van der Waals surface area contributed by atoms with Gasteiger partial charge in [0.05, 0.1) is 25.1 Å². The fraction of sp³-hybridized carbons (Fsp3) is 0.667. The fourth-order valence-electron chi connectivity index (χ4n) is 2.94. The molecule has 0 saturated carbocycles. The van der Waals surface area contributed by atoms with Crippen molar-refractivity contribution in [3.63, 3.8) is 0 Å². The highest BCUT2D eigenvalue weighted by Gasteiger charge is 2.21. The number of hydrogen-bond donors (Lipinski definition) is 3. The van der Waals surface area contributed by atoms with Crippen LogP contribution >= 0.6 is 7.07 Å². The summed E-state index contributed by atoms with van der Waals surface area (Å²) in [6.07, 6.45) is 1.96. The van der Waals surface area contributed by atoms with Crippen LogP contribution in [0, 0.1) is 0 Å². The van der Waals surface area contributed by atoms with Crippen LogP contribution < -0.4 is 16.1 Å². The van der Waals surface area contributed by atoms with Gasteiger partial charge in [0.2, 0.25) is 5.95 Å². The zero-order valence-electron chi connectivity index (χ0n) is 18.7. The number of imidazole rings is 1. The molecule has 2 heterocycles. The molecular weight excluding hydrogens is 441 g/mol. The van der Waals surface area contributed by atoms with Crippen molar-refractivity contribution >= 4 is 47.8 Å². The van der Waals surface area contributed by atoms with E-state index >= 15 is 0 Å². The Bertz CT molecular complexity index is 910. The van der Waals surface area contributed by atoms with Crippen molar-refractivity contribution in [2.75, 3.05) is 31.8 Å². The highest BCUT2D eigenvalue weighted by molar-refractivity contribution is 8.02. The average Bonchev–Trinajstić information content (AvgIpc) is 3.13. The normalized spacial score (nSPS) is 15.6. The predicted molar refractivity (Wildman–Crippen MR) is 125 cm³/mol. The highest BCUT2D eigenvalue weighted by Crippen LogP contribution is 2.26. The molecule has 2 aromatic heterocycles. The molecule has 174 valence electrons. The van der Waals surface area contributed by atoms with Crippen molar-refractivity contribution in [3.8, 4) is 0 Å². The first kappa shape index (κ1) is 25.4. The third-order valence-corrected chi connectivity index (χ3v) is 6.33. The number of nitrogens with zero attached hydrogens (tertiary/aromatic N) is 4. The van der Waals surface area contributed by atoms with Crippen molar-refractivity contribution < 1.29 is 18.8 Å². The molecule has 4 atom stereocenters. The molecule has 0 radical (unpaired) electrons. The van der Waals surface area contributed by atoms with Gasteiger partial charge < -0.3 is 29.6 Å². The van der Waals surface area contributed by atoms with E-state index in [2.05, 4.69) is 25.4 Å². The quantitative estimate of drug-likeness (QED) is 0.307. The number of methoxy groups -OCH3 is 1. The van der Waals surface area contributed by atoms with Crippen LogP contribution in [-0.2, 0) is 30.6 Å². The molecule has 0 amide bonds. The molecule has 0 aliphatic heterocycles. The number of rotatable bonds is 12. The Morgan fingerprint density at radius 3 is 2.65 bits per heavy atom. The van der Waals surface area contributed by atoms with E-state index in [-0.39, 0.29) is 30.2 Å². The lowest BCUT2D eigenvalue weighted by Crippen LogP contribution is -2.33. The number of fused-ring (bicyclic) bond motifs is 1. The van der Waals surface area contributed by atoms with Crippen LogP contribution in [0.1, 0.15) is 40.2 Å². The Morgan fingerprint density at radius 1 is 1.32 bits per heavy atom. The van der Waals surface area contributed by atoms with Crippen LogP contribution in [0.3, 0.4) is 0 Å². The number of hydrogen-bond acceptors (Lipinski definition) is 10. The molecule has 13 heteroatoms. The van der Waals surface area contributed by atoms with Crippen molar-refractivity contribution in [3.05, 3.63) is 6.33 Å². The summed E-state index contributed by atoms with van der Waals surface area (Å²) >= 11 is 5.36. The third kappa shape index (κ3) is 7.08. The number of nitrogens with two attached hydrogens (primary N) is 1. The summed E-state index contributed by atoms with van der Waals surface area (Å²) in [6, 6.07) is -0.524. The number of esters is 1. The average molecular weight is 474 g/mol. The molecule has 0 bridgehead atoms. The van der Waals surface area contributed by atoms with Crippen molar-refractivity contribution in [2.24, 2.45) is 0 Å². The first-order valence-electron chi connectivity index (χ1n) is 10.0. The lowest BCUT2D eigenvalue weighted by atomic mass is 10.1. The van der Waals surface area contributed by atoms with Crippen molar-refractivity contribution in [1.82, 2.24) is 24.6 Å². The summed E-state index contributed by atoms with van der Waals surface area (Å²) in [6.45, 7) is 7.64. The topological polar surface area (TPSA) is 138 Å². The molecule has 11 nitrogen and oxygen atoms in total. The second kappa shape index (κ2) is 11.7. The zero-order chi connectivity index (χ0) is 23.1. The molecule has 0 fully saturated rings. The van der Waals surface area contributed by atoms with E-state index in [1.54, 1.807) is 41.3 Å². The molecule has 2 aromatic rings. The maximum absolute atomic E-state index is 11.9. The van der Waals surface area contributed by atoms with Crippen LogP contribution in [0.15, 0.2) is 6.33 Å². The number of anilines is 2. The predicted octanol–water partition coefficient (Wildman–Crippen LogP) is 1.87. The van der Waals surface area contributed by atoms with Gasteiger partial charge in [-0.3, -0.25) is 9.88 Å². The minimum atomic E-state index is -1.82. The maximum atomic E-state index is 11.9. The van der Waals surface area contributed by atoms with Gasteiger partial charge in [0, 0.05) is 20.2 Å². The van der Waals surface area contributed by atoms with Crippen LogP contribution in [0.5, 0.6) is 0 Å². The van der Waals surface area contributed by atoms with Crippen LogP contribution in [-0.4, -0.2) is 64.5 Å². The Hall–Kier alpha value is -1.85. The van der Waals surface area contributed by atoms with Crippen LogP contribution in [0.4, 0.5) is 11.8 Å². The number of nitrogen functional groups attached to an aromatic ring is 1. The number of aromatic nitrogens is 4. The number of carbonyl (C=O) groups is 1. The van der Waals surface area contributed by atoms with Gasteiger partial charge in [0.25, 0.3) is 0 Å². The van der Waals surface area contributed by atoms with Crippen molar-refractivity contribution in [2.45, 2.75) is 58.4 Å². The molecule has 1 unspecified atom stereocenters. The van der Waals surface area contributed by atoms with Gasteiger partial charge in [-0.25, -0.2) is 4.98 Å². The summed E-state index contributed by atoms with van der Waals surface area (Å²) in [5.74, 6) is 0.402. The van der Waals surface area contributed by atoms with Gasteiger partial charge in [-0.15, -0.1) is 0 Å². The molecule has 0 spiro atoms. The van der Waals surface area contributed by atoms with E-state index in [0.717, 1.165) is 0 Å². The molecule has 0 aliphatic carbocycles. The number of nitrogens with one attached hydrogen (secondary N) is 2. The summed E-state index contributed by atoms with van der Waals surface area (Å²) < 4.78 is 18.5. The van der Waals surface area contributed by atoms with E-state index < -0.39 is 13.1 Å². The van der Waals surface area contributed by atoms with Gasteiger partial charge in [-0.2, -0.15) is 9.97 Å². The summed E-state index contributed by atoms with van der Waals surface area (Å²) in [5.41, 5.74) is 7.12. The van der Waals surface area contributed by atoms with E-state index in [0.29, 0.717) is 30.0 Å². The Balaban J connectivity index is 1.96. The minimum absolute atomic E-state index is 0.00579. The first-order chi connectivity index (χ1) is 14.7. The standard InChI is InChI=1S/C18H32N7O4PS/c1-10(2)29-17(26)12(4)24-30(31)28-8-13(27-6)7-11(3)25-9-21-14-15(20-5)22-18(19)23-16(14)25/h9-13,30H,7-8H2,1-6H3,(H,24,31)(H3,19,20,22,23)/t11-,12+,13-/m0/s1. The molecule has 0 aliphatic rings. The van der Waals surface area contributed by atoms with E-state index in [1.807, 2.05) is 11.5 Å². The van der Waals surface area contributed by atoms with Crippen LogP contribution in [0.2, 0.25) is 0 Å². The lowest BCUT2D eigenvalue weighted by molar-refractivity contribution is -0.148. The van der Waals surface area contributed by atoms with Crippen LogP contribution in [0.25, 0.3) is 11.2 Å². The summed E-state index contributed by atoms with van der Waals surface area (Å²) in [7, 11) is 1.56. The van der Waals surface area contributed by atoms with Gasteiger partial charge in [0.15, 0.2) is 17.0 Å². The first-order valence-corrected chi connectivity index (χ1v) is 12.5. The second-order valence-corrected chi connectivity index (χ2v) is 9.66. The largest absolute Gasteiger partial charge is 0.462 e. The van der Waals surface area contributed by atoms with Gasteiger partial charge in [0.1, 0.15) is 13.1 Å². The van der Waals surface area contributed by atoms with E-state index in [9.17, 15) is 4.79 Å². The molecule has 0 aromatic carbocycles. The molecule has 4 N–H and O–H groups in total. The van der Waals surface area contributed by atoms with Gasteiger partial charge in [-0.1, -0.05) is 11.8 Å². The second-order valence-electron chi connectivity index (χ2n) is 7.40.